The predicted molar refractivity (Wildman–Crippen MR) is 66.4 cm³/mol. The summed E-state index contributed by atoms with van der Waals surface area (Å²) in [5.41, 5.74) is -0.636. The monoisotopic (exact) mass is 301 g/mol. The molecule has 1 N–H and O–H groups in total. The number of amides is 1. The van der Waals surface area contributed by atoms with Gasteiger partial charge < -0.3 is 5.32 Å². The average Bonchev–Trinajstić information content (AvgIpc) is 2.38. The molecule has 0 saturated carbocycles. The number of rotatable bonds is 2. The maximum absolute atomic E-state index is 12.3. The first-order valence-electron chi connectivity index (χ1n) is 5.32. The Bertz CT molecular complexity index is 629. The van der Waals surface area contributed by atoms with Gasteiger partial charge in [0.05, 0.1) is 11.9 Å². The van der Waals surface area contributed by atoms with Gasteiger partial charge in [0.15, 0.2) is 0 Å². The number of nitrogens with one attached hydrogen (secondary N) is 1. The van der Waals surface area contributed by atoms with Crippen LogP contribution in [0.25, 0.3) is 0 Å². The Kier molecular flexibility index (Phi) is 3.89. The van der Waals surface area contributed by atoms with Crippen molar-refractivity contribution in [1.82, 2.24) is 9.97 Å². The molecule has 0 saturated heterocycles. The average molecular weight is 302 g/mol. The van der Waals surface area contributed by atoms with E-state index in [0.29, 0.717) is 0 Å². The van der Waals surface area contributed by atoms with Gasteiger partial charge in [-0.25, -0.2) is 9.97 Å². The third kappa shape index (κ3) is 3.45. The molecule has 1 amide bonds. The third-order valence-electron chi connectivity index (χ3n) is 2.30. The van der Waals surface area contributed by atoms with Gasteiger partial charge in [-0.3, -0.25) is 4.79 Å². The molecule has 2 rings (SSSR count). The van der Waals surface area contributed by atoms with Gasteiger partial charge in [-0.2, -0.15) is 13.2 Å². The molecule has 0 aliphatic carbocycles. The Labute approximate surface area is 116 Å². The number of anilines is 1. The molecule has 0 spiro atoms. The number of carbonyl (C=O) groups excluding carboxylic acids is 1. The van der Waals surface area contributed by atoms with E-state index in [1.54, 1.807) is 0 Å². The normalized spacial score (nSPS) is 11.2. The number of nitrogens with zero attached hydrogens (tertiary/aromatic N) is 2. The molecule has 0 aliphatic heterocycles. The summed E-state index contributed by atoms with van der Waals surface area (Å²) >= 11 is 5.63. The lowest BCUT2D eigenvalue weighted by Gasteiger charge is -2.08. The van der Waals surface area contributed by atoms with Crippen molar-refractivity contribution in [3.05, 3.63) is 53.1 Å². The first kappa shape index (κ1) is 14.3. The lowest BCUT2D eigenvalue weighted by atomic mass is 10.2. The molecular formula is C12H7ClF3N3O. The summed E-state index contributed by atoms with van der Waals surface area (Å²) in [6, 6.07) is 4.68. The summed E-state index contributed by atoms with van der Waals surface area (Å²) in [7, 11) is 0. The topological polar surface area (TPSA) is 54.9 Å². The highest BCUT2D eigenvalue weighted by atomic mass is 35.5. The van der Waals surface area contributed by atoms with Gasteiger partial charge in [-0.1, -0.05) is 11.6 Å². The maximum atomic E-state index is 12.3. The van der Waals surface area contributed by atoms with Crippen molar-refractivity contribution in [2.24, 2.45) is 0 Å². The lowest BCUT2D eigenvalue weighted by Crippen LogP contribution is -2.13. The summed E-state index contributed by atoms with van der Waals surface area (Å²) in [5, 5.41) is 2.55. The number of pyridine rings is 2. The minimum absolute atomic E-state index is 0.142. The fourth-order valence-corrected chi connectivity index (χ4v) is 1.56. The second kappa shape index (κ2) is 5.46. The number of alkyl halides is 3. The van der Waals surface area contributed by atoms with Crippen molar-refractivity contribution in [3.63, 3.8) is 0 Å². The number of carbonyl (C=O) groups is 1. The molecule has 0 aromatic carbocycles. The highest BCUT2D eigenvalue weighted by Crippen LogP contribution is 2.27. The third-order valence-corrected chi connectivity index (χ3v) is 2.51. The molecule has 0 atom stereocenters. The molecule has 104 valence electrons. The zero-order valence-electron chi connectivity index (χ0n) is 9.78. The van der Waals surface area contributed by atoms with E-state index < -0.39 is 17.8 Å². The van der Waals surface area contributed by atoms with E-state index in [2.05, 4.69) is 15.3 Å². The lowest BCUT2D eigenvalue weighted by molar-refractivity contribution is -0.141. The smallest absolute Gasteiger partial charge is 0.321 e. The molecular weight excluding hydrogens is 295 g/mol. The van der Waals surface area contributed by atoms with Gasteiger partial charge in [0.2, 0.25) is 0 Å². The van der Waals surface area contributed by atoms with Crippen molar-refractivity contribution in [2.75, 3.05) is 5.32 Å². The first-order chi connectivity index (χ1) is 9.36. The zero-order chi connectivity index (χ0) is 14.8. The summed E-state index contributed by atoms with van der Waals surface area (Å²) < 4.78 is 37.0. The predicted octanol–water partition coefficient (Wildman–Crippen LogP) is 3.40. The zero-order valence-corrected chi connectivity index (χ0v) is 10.5. The minimum atomic E-state index is -4.51. The molecule has 2 aromatic rings. The van der Waals surface area contributed by atoms with Gasteiger partial charge in [-0.05, 0) is 24.3 Å². The molecule has 4 nitrogen and oxygen atoms in total. The summed E-state index contributed by atoms with van der Waals surface area (Å²) in [4.78, 5) is 18.8. The van der Waals surface area contributed by atoms with Crippen LogP contribution in [0.2, 0.25) is 5.15 Å². The molecule has 0 bridgehead atoms. The van der Waals surface area contributed by atoms with Gasteiger partial charge >= 0.3 is 6.18 Å². The fraction of sp³-hybridized carbons (Fsp3) is 0.0833. The molecule has 20 heavy (non-hydrogen) atoms. The van der Waals surface area contributed by atoms with Crippen LogP contribution in [-0.2, 0) is 6.18 Å². The van der Waals surface area contributed by atoms with E-state index in [1.807, 2.05) is 0 Å². The molecule has 0 radical (unpaired) electrons. The van der Waals surface area contributed by atoms with E-state index in [0.717, 1.165) is 18.3 Å². The van der Waals surface area contributed by atoms with E-state index >= 15 is 0 Å². The minimum Gasteiger partial charge on any atom is -0.321 e. The van der Waals surface area contributed by atoms with E-state index in [4.69, 9.17) is 11.6 Å². The number of aromatic nitrogens is 2. The van der Waals surface area contributed by atoms with Crippen molar-refractivity contribution in [2.45, 2.75) is 6.18 Å². The molecule has 0 aliphatic rings. The van der Waals surface area contributed by atoms with Crippen LogP contribution in [0.1, 0.15) is 16.1 Å². The highest BCUT2D eigenvalue weighted by Gasteiger charge is 2.32. The Balaban J connectivity index is 2.12. The van der Waals surface area contributed by atoms with Crippen LogP contribution < -0.4 is 5.32 Å². The van der Waals surface area contributed by atoms with Crippen LogP contribution in [0.4, 0.5) is 18.9 Å². The van der Waals surface area contributed by atoms with Crippen molar-refractivity contribution in [1.29, 1.82) is 0 Å². The van der Waals surface area contributed by atoms with E-state index in [9.17, 15) is 18.0 Å². The summed E-state index contributed by atoms with van der Waals surface area (Å²) in [6.45, 7) is 0. The van der Waals surface area contributed by atoms with Crippen LogP contribution in [0.3, 0.4) is 0 Å². The first-order valence-corrected chi connectivity index (χ1v) is 5.70. The van der Waals surface area contributed by atoms with Gasteiger partial charge in [0.25, 0.3) is 5.91 Å². The van der Waals surface area contributed by atoms with Crippen molar-refractivity contribution < 1.29 is 18.0 Å². The van der Waals surface area contributed by atoms with Gasteiger partial charge in [0, 0.05) is 11.8 Å². The molecule has 2 heterocycles. The van der Waals surface area contributed by atoms with Crippen LogP contribution in [-0.4, -0.2) is 15.9 Å². The molecule has 2 aromatic heterocycles. The number of hydrogen-bond acceptors (Lipinski definition) is 3. The molecule has 0 unspecified atom stereocenters. The second-order valence-electron chi connectivity index (χ2n) is 3.75. The fourth-order valence-electron chi connectivity index (χ4n) is 1.38. The van der Waals surface area contributed by atoms with Crippen LogP contribution in [0, 0.1) is 0 Å². The Hall–Kier alpha value is -2.15. The standard InChI is InChI=1S/C12H7ClF3N3O/c13-10-5-7(3-4-17-10)11(20)19-8-1-2-9(18-6-8)12(14,15)16/h1-6H,(H,19,20). The Morgan fingerprint density at radius 2 is 1.95 bits per heavy atom. The van der Waals surface area contributed by atoms with Crippen LogP contribution >= 0.6 is 11.6 Å². The van der Waals surface area contributed by atoms with E-state index in [1.165, 1.54) is 18.3 Å². The highest BCUT2D eigenvalue weighted by molar-refractivity contribution is 6.29. The largest absolute Gasteiger partial charge is 0.433 e. The van der Waals surface area contributed by atoms with E-state index in [-0.39, 0.29) is 16.4 Å². The van der Waals surface area contributed by atoms with Crippen LogP contribution in [0.5, 0.6) is 0 Å². The SMILES string of the molecule is O=C(Nc1ccc(C(F)(F)F)nc1)c1ccnc(Cl)c1. The molecule has 8 heteroatoms. The Morgan fingerprint density at radius 1 is 1.20 bits per heavy atom. The van der Waals surface area contributed by atoms with Crippen LogP contribution in [0.15, 0.2) is 36.7 Å². The van der Waals surface area contributed by atoms with Crippen molar-refractivity contribution in [3.8, 4) is 0 Å². The second-order valence-corrected chi connectivity index (χ2v) is 4.14. The summed E-state index contributed by atoms with van der Waals surface area (Å²) in [6.07, 6.45) is -2.23. The Morgan fingerprint density at radius 3 is 2.50 bits per heavy atom. The number of halogens is 4. The van der Waals surface area contributed by atoms with Crippen molar-refractivity contribution >= 4 is 23.2 Å². The summed E-state index contributed by atoms with van der Waals surface area (Å²) in [5.74, 6) is -0.518. The molecule has 0 fully saturated rings. The quantitative estimate of drug-likeness (QED) is 0.865. The van der Waals surface area contributed by atoms with Gasteiger partial charge in [0.1, 0.15) is 10.8 Å². The van der Waals surface area contributed by atoms with Gasteiger partial charge in [-0.15, -0.1) is 0 Å². The maximum Gasteiger partial charge on any atom is 0.433 e. The number of hydrogen-bond donors (Lipinski definition) is 1.